The van der Waals surface area contributed by atoms with Gasteiger partial charge in [0.05, 0.1) is 13.7 Å². The standard InChI is InChI=1S/C17H20O3/c1-4-20-16-9-8-12(2)10-15(16)17(18)13-6-5-7-14(11-13)19-3/h5-11,17-18H,4H2,1-3H3. The number of aryl methyl sites for hydroxylation is 1. The van der Waals surface area contributed by atoms with Crippen LogP contribution in [0.2, 0.25) is 0 Å². The highest BCUT2D eigenvalue weighted by Gasteiger charge is 2.16. The van der Waals surface area contributed by atoms with Gasteiger partial charge in [-0.25, -0.2) is 0 Å². The molecule has 2 aromatic carbocycles. The third-order valence-electron chi connectivity index (χ3n) is 3.17. The van der Waals surface area contributed by atoms with Crippen LogP contribution in [0.4, 0.5) is 0 Å². The summed E-state index contributed by atoms with van der Waals surface area (Å²) in [5.74, 6) is 1.44. The van der Waals surface area contributed by atoms with Gasteiger partial charge in [-0.2, -0.15) is 0 Å². The van der Waals surface area contributed by atoms with E-state index in [2.05, 4.69) is 0 Å². The van der Waals surface area contributed by atoms with Crippen LogP contribution in [0.3, 0.4) is 0 Å². The number of hydrogen-bond donors (Lipinski definition) is 1. The molecule has 3 heteroatoms. The Kier molecular flexibility index (Phi) is 4.64. The summed E-state index contributed by atoms with van der Waals surface area (Å²) >= 11 is 0. The molecule has 0 heterocycles. The van der Waals surface area contributed by atoms with Crippen LogP contribution in [0.25, 0.3) is 0 Å². The third-order valence-corrected chi connectivity index (χ3v) is 3.17. The molecule has 1 unspecified atom stereocenters. The van der Waals surface area contributed by atoms with Crippen molar-refractivity contribution in [3.8, 4) is 11.5 Å². The van der Waals surface area contributed by atoms with Crippen molar-refractivity contribution in [3.05, 3.63) is 59.2 Å². The van der Waals surface area contributed by atoms with Crippen LogP contribution in [0.15, 0.2) is 42.5 Å². The van der Waals surface area contributed by atoms with Gasteiger partial charge >= 0.3 is 0 Å². The van der Waals surface area contributed by atoms with Crippen molar-refractivity contribution >= 4 is 0 Å². The number of methoxy groups -OCH3 is 1. The molecule has 0 aromatic heterocycles. The van der Waals surface area contributed by atoms with E-state index in [0.29, 0.717) is 12.4 Å². The summed E-state index contributed by atoms with van der Waals surface area (Å²) in [7, 11) is 1.61. The lowest BCUT2D eigenvalue weighted by molar-refractivity contribution is 0.211. The van der Waals surface area contributed by atoms with Crippen molar-refractivity contribution in [1.82, 2.24) is 0 Å². The van der Waals surface area contributed by atoms with Crippen LogP contribution in [-0.4, -0.2) is 18.8 Å². The van der Waals surface area contributed by atoms with Gasteiger partial charge in [-0.05, 0) is 43.7 Å². The fourth-order valence-electron chi connectivity index (χ4n) is 2.16. The molecule has 0 radical (unpaired) electrons. The van der Waals surface area contributed by atoms with Crippen LogP contribution in [0.5, 0.6) is 11.5 Å². The first-order valence-corrected chi connectivity index (χ1v) is 6.71. The predicted molar refractivity (Wildman–Crippen MR) is 79.4 cm³/mol. The fourth-order valence-corrected chi connectivity index (χ4v) is 2.16. The predicted octanol–water partition coefficient (Wildman–Crippen LogP) is 3.48. The first-order chi connectivity index (χ1) is 9.65. The maximum Gasteiger partial charge on any atom is 0.125 e. The Labute approximate surface area is 119 Å². The Hall–Kier alpha value is -2.00. The van der Waals surface area contributed by atoms with Gasteiger partial charge in [0, 0.05) is 5.56 Å². The van der Waals surface area contributed by atoms with E-state index in [1.54, 1.807) is 7.11 Å². The highest BCUT2D eigenvalue weighted by Crippen LogP contribution is 2.32. The van der Waals surface area contributed by atoms with Gasteiger partial charge < -0.3 is 14.6 Å². The average molecular weight is 272 g/mol. The Bertz CT molecular complexity index is 578. The number of rotatable bonds is 5. The molecule has 0 fully saturated rings. The maximum atomic E-state index is 10.6. The molecule has 2 rings (SSSR count). The highest BCUT2D eigenvalue weighted by atomic mass is 16.5. The number of ether oxygens (including phenoxy) is 2. The van der Waals surface area contributed by atoms with Gasteiger partial charge in [0.2, 0.25) is 0 Å². The number of benzene rings is 2. The quantitative estimate of drug-likeness (QED) is 0.905. The van der Waals surface area contributed by atoms with E-state index >= 15 is 0 Å². The Morgan fingerprint density at radius 3 is 2.65 bits per heavy atom. The summed E-state index contributed by atoms with van der Waals surface area (Å²) in [4.78, 5) is 0. The second-order valence-corrected chi connectivity index (χ2v) is 4.65. The number of aliphatic hydroxyl groups is 1. The molecule has 0 bridgehead atoms. The summed E-state index contributed by atoms with van der Waals surface area (Å²) in [6.07, 6.45) is -0.730. The van der Waals surface area contributed by atoms with E-state index in [4.69, 9.17) is 9.47 Å². The van der Waals surface area contributed by atoms with Crippen molar-refractivity contribution in [3.63, 3.8) is 0 Å². The molecule has 20 heavy (non-hydrogen) atoms. The Morgan fingerprint density at radius 2 is 1.95 bits per heavy atom. The lowest BCUT2D eigenvalue weighted by Crippen LogP contribution is -2.04. The molecular weight excluding hydrogens is 252 g/mol. The van der Waals surface area contributed by atoms with Gasteiger partial charge in [-0.15, -0.1) is 0 Å². The van der Waals surface area contributed by atoms with E-state index in [1.807, 2.05) is 56.3 Å². The molecule has 0 aliphatic carbocycles. The smallest absolute Gasteiger partial charge is 0.125 e. The molecule has 2 aromatic rings. The summed E-state index contributed by atoms with van der Waals surface area (Å²) in [5.41, 5.74) is 2.65. The largest absolute Gasteiger partial charge is 0.497 e. The molecule has 0 aliphatic rings. The first kappa shape index (κ1) is 14.4. The van der Waals surface area contributed by atoms with E-state index < -0.39 is 6.10 Å². The van der Waals surface area contributed by atoms with Gasteiger partial charge in [-0.1, -0.05) is 23.8 Å². The molecule has 0 saturated heterocycles. The second kappa shape index (κ2) is 6.44. The van der Waals surface area contributed by atoms with Crippen molar-refractivity contribution in [2.45, 2.75) is 20.0 Å². The maximum absolute atomic E-state index is 10.6. The summed E-state index contributed by atoms with van der Waals surface area (Å²) in [6, 6.07) is 13.3. The minimum absolute atomic E-state index is 0.570. The van der Waals surface area contributed by atoms with Crippen molar-refractivity contribution in [2.24, 2.45) is 0 Å². The van der Waals surface area contributed by atoms with Crippen molar-refractivity contribution < 1.29 is 14.6 Å². The molecule has 1 N–H and O–H groups in total. The first-order valence-electron chi connectivity index (χ1n) is 6.71. The zero-order valence-electron chi connectivity index (χ0n) is 12.1. The summed E-state index contributed by atoms with van der Waals surface area (Å²) in [5, 5.41) is 10.6. The van der Waals surface area contributed by atoms with Crippen LogP contribution < -0.4 is 9.47 Å². The average Bonchev–Trinajstić information content (AvgIpc) is 2.48. The minimum atomic E-state index is -0.730. The highest BCUT2D eigenvalue weighted by molar-refractivity contribution is 5.44. The molecular formula is C17H20O3. The molecule has 0 saturated carbocycles. The molecule has 1 atom stereocenters. The molecule has 0 spiro atoms. The van der Waals surface area contributed by atoms with E-state index in [1.165, 1.54) is 0 Å². The molecule has 106 valence electrons. The van der Waals surface area contributed by atoms with Gasteiger partial charge in [-0.3, -0.25) is 0 Å². The van der Waals surface area contributed by atoms with Crippen LogP contribution in [-0.2, 0) is 0 Å². The second-order valence-electron chi connectivity index (χ2n) is 4.65. The zero-order valence-corrected chi connectivity index (χ0v) is 12.1. The van der Waals surface area contributed by atoms with Crippen molar-refractivity contribution in [2.75, 3.05) is 13.7 Å². The summed E-state index contributed by atoms with van der Waals surface area (Å²) < 4.78 is 10.8. The van der Waals surface area contributed by atoms with E-state index in [-0.39, 0.29) is 0 Å². The molecule has 3 nitrogen and oxygen atoms in total. The molecule has 0 aliphatic heterocycles. The van der Waals surface area contributed by atoms with E-state index in [0.717, 1.165) is 22.4 Å². The number of hydrogen-bond acceptors (Lipinski definition) is 3. The van der Waals surface area contributed by atoms with E-state index in [9.17, 15) is 5.11 Å². The monoisotopic (exact) mass is 272 g/mol. The third kappa shape index (κ3) is 3.11. The van der Waals surface area contributed by atoms with Gasteiger partial charge in [0.15, 0.2) is 0 Å². The normalized spacial score (nSPS) is 12.0. The topological polar surface area (TPSA) is 38.7 Å². The van der Waals surface area contributed by atoms with Crippen molar-refractivity contribution in [1.29, 1.82) is 0 Å². The Balaban J connectivity index is 2.40. The van der Waals surface area contributed by atoms with Crippen LogP contribution in [0.1, 0.15) is 29.7 Å². The lowest BCUT2D eigenvalue weighted by atomic mass is 9.99. The Morgan fingerprint density at radius 1 is 1.15 bits per heavy atom. The van der Waals surface area contributed by atoms with Crippen LogP contribution in [0, 0.1) is 6.92 Å². The molecule has 0 amide bonds. The summed E-state index contributed by atoms with van der Waals surface area (Å²) in [6.45, 7) is 4.50. The van der Waals surface area contributed by atoms with Gasteiger partial charge in [0.1, 0.15) is 17.6 Å². The SMILES string of the molecule is CCOc1ccc(C)cc1C(O)c1cccc(OC)c1. The fraction of sp³-hybridized carbons (Fsp3) is 0.294. The lowest BCUT2D eigenvalue weighted by Gasteiger charge is -2.17. The number of aliphatic hydroxyl groups excluding tert-OH is 1. The van der Waals surface area contributed by atoms with Crippen LogP contribution >= 0.6 is 0 Å². The minimum Gasteiger partial charge on any atom is -0.497 e. The zero-order chi connectivity index (χ0) is 14.5. The van der Waals surface area contributed by atoms with Gasteiger partial charge in [0.25, 0.3) is 0 Å².